The summed E-state index contributed by atoms with van der Waals surface area (Å²) in [7, 11) is -3.73. The first-order valence-electron chi connectivity index (χ1n) is 17.1. The zero-order valence-corrected chi connectivity index (χ0v) is 29.7. The van der Waals surface area contributed by atoms with Gasteiger partial charge in [0.2, 0.25) is 0 Å². The summed E-state index contributed by atoms with van der Waals surface area (Å²) in [5, 5.41) is 63.4. The van der Waals surface area contributed by atoms with E-state index < -0.39 is 133 Å². The molecule has 22 heteroatoms. The first-order chi connectivity index (χ1) is 24.5. The maximum Gasteiger partial charge on any atom is 0.397 e. The number of carbonyl (C=O) groups excluding carboxylic acids is 1. The van der Waals surface area contributed by atoms with Gasteiger partial charge in [-0.05, 0) is 27.2 Å². The summed E-state index contributed by atoms with van der Waals surface area (Å²) in [5.41, 5.74) is 0. The first kappa shape index (κ1) is 42.1. The molecule has 5 rings (SSSR count). The molecule has 7 N–H and O–H groups in total. The number of hydrogen-bond acceptors (Lipinski definition) is 20. The summed E-state index contributed by atoms with van der Waals surface area (Å²) in [6, 6.07) is 0. The van der Waals surface area contributed by atoms with Gasteiger partial charge in [0.05, 0.1) is 43.2 Å². The predicted molar refractivity (Wildman–Crippen MR) is 165 cm³/mol. The topological polar surface area (TPSA) is 294 Å². The molecule has 0 bridgehead atoms. The summed E-state index contributed by atoms with van der Waals surface area (Å²) in [6.45, 7) is 4.38. The molecule has 5 aliphatic rings. The molecule has 52 heavy (non-hydrogen) atoms. The van der Waals surface area contributed by atoms with Crippen LogP contribution in [0, 0.1) is 0 Å². The summed E-state index contributed by atoms with van der Waals surface area (Å²) >= 11 is 0. The first-order valence-corrected chi connectivity index (χ1v) is 18.4. The molecule has 21 nitrogen and oxygen atoms in total. The Morgan fingerprint density at radius 2 is 1.31 bits per heavy atom. The molecule has 4 unspecified atom stereocenters. The fourth-order valence-electron chi connectivity index (χ4n) is 6.87. The second-order valence-electron chi connectivity index (χ2n) is 13.5. The zero-order valence-electron chi connectivity index (χ0n) is 28.9. The predicted octanol–water partition coefficient (Wildman–Crippen LogP) is -3.40. The molecule has 0 radical (unpaired) electrons. The monoisotopic (exact) mass is 778 g/mol. The molecule has 0 aromatic carbocycles. The Bertz CT molecular complexity index is 1240. The number of aliphatic hydroxyl groups excluding tert-OH is 6. The average Bonchev–Trinajstić information content (AvgIpc) is 3.07. The van der Waals surface area contributed by atoms with Crippen LogP contribution < -0.4 is 0 Å². The fraction of sp³-hybridized carbons (Fsp3) is 0.967. The second kappa shape index (κ2) is 17.8. The molecule has 5 heterocycles. The highest BCUT2D eigenvalue weighted by atomic mass is 32.3. The van der Waals surface area contributed by atoms with Gasteiger partial charge < -0.3 is 82.8 Å². The van der Waals surface area contributed by atoms with Crippen molar-refractivity contribution >= 4 is 16.7 Å². The number of hydrogen-bond donors (Lipinski definition) is 7. The molecule has 5 saturated heterocycles. The van der Waals surface area contributed by atoms with Crippen LogP contribution in [0.25, 0.3) is 0 Å². The van der Waals surface area contributed by atoms with Crippen molar-refractivity contribution in [2.45, 2.75) is 169 Å². The minimum Gasteiger partial charge on any atom is -0.390 e. The minimum atomic E-state index is -5.13. The number of aliphatic hydroxyl groups is 6. The third-order valence-electron chi connectivity index (χ3n) is 9.75. The van der Waals surface area contributed by atoms with Crippen LogP contribution in [0.15, 0.2) is 0 Å². The summed E-state index contributed by atoms with van der Waals surface area (Å²) < 4.78 is 94.3. The van der Waals surface area contributed by atoms with Gasteiger partial charge >= 0.3 is 10.4 Å². The Morgan fingerprint density at radius 3 is 1.92 bits per heavy atom. The molecular formula is C30H50O21S. The highest BCUT2D eigenvalue weighted by molar-refractivity contribution is 7.80. The van der Waals surface area contributed by atoms with Gasteiger partial charge in [0.1, 0.15) is 48.8 Å². The van der Waals surface area contributed by atoms with Crippen LogP contribution in [0.3, 0.4) is 0 Å². The van der Waals surface area contributed by atoms with Crippen molar-refractivity contribution in [1.29, 1.82) is 0 Å². The van der Waals surface area contributed by atoms with E-state index in [1.165, 1.54) is 14.0 Å². The second-order valence-corrected chi connectivity index (χ2v) is 14.6. The number of methoxy groups -OCH3 is 1. The van der Waals surface area contributed by atoms with Gasteiger partial charge in [-0.2, -0.15) is 8.42 Å². The molecular weight excluding hydrogens is 728 g/mol. The highest BCUT2D eigenvalue weighted by Crippen LogP contribution is 2.34. The summed E-state index contributed by atoms with van der Waals surface area (Å²) in [4.78, 5) is 11.9. The van der Waals surface area contributed by atoms with Crippen molar-refractivity contribution in [2.24, 2.45) is 0 Å². The van der Waals surface area contributed by atoms with Gasteiger partial charge in [0, 0.05) is 26.4 Å². The van der Waals surface area contributed by atoms with Crippen LogP contribution >= 0.6 is 0 Å². The summed E-state index contributed by atoms with van der Waals surface area (Å²) in [6.07, 6.45) is -23.7. The molecule has 0 aliphatic carbocycles. The Kier molecular flexibility index (Phi) is 14.4. The Balaban J connectivity index is 1.14. The maximum absolute atomic E-state index is 11.9. The third-order valence-corrected chi connectivity index (χ3v) is 10.2. The van der Waals surface area contributed by atoms with Gasteiger partial charge in [-0.1, -0.05) is 0 Å². The molecule has 302 valence electrons. The minimum absolute atomic E-state index is 0.0325. The van der Waals surface area contributed by atoms with Gasteiger partial charge in [-0.3, -0.25) is 4.55 Å². The van der Waals surface area contributed by atoms with Gasteiger partial charge in [0.15, 0.2) is 43.8 Å². The lowest BCUT2D eigenvalue weighted by atomic mass is 9.98. The van der Waals surface area contributed by atoms with Crippen molar-refractivity contribution in [3.8, 4) is 0 Å². The lowest BCUT2D eigenvalue weighted by Gasteiger charge is -2.46. The lowest BCUT2D eigenvalue weighted by molar-refractivity contribution is -0.352. The highest BCUT2D eigenvalue weighted by Gasteiger charge is 2.51. The van der Waals surface area contributed by atoms with E-state index in [2.05, 4.69) is 0 Å². The molecule has 5 aliphatic heterocycles. The maximum atomic E-state index is 11.9. The van der Waals surface area contributed by atoms with Crippen molar-refractivity contribution in [1.82, 2.24) is 0 Å². The largest absolute Gasteiger partial charge is 0.397 e. The van der Waals surface area contributed by atoms with E-state index in [1.54, 1.807) is 13.8 Å². The Morgan fingerprint density at radius 1 is 0.635 bits per heavy atom. The number of ether oxygens (including phenoxy) is 10. The SMILES string of the molecule is CO[C@@H]1C[C@@H](O)[C@H](O[C@@H]2OC[C@@H](O[C@@H]3CC[C@H](O[C@@H]4O[C@@H](C=O)[C@@H](O[C@@H]5C[C@@H](O)[C@H](O)[C@H](C)O5)[C@H](O)C4O)C(C)O3)[C@H](O)C2OS(=O)(=O)O)C(C)O1. The molecule has 0 aromatic heterocycles. The van der Waals surface area contributed by atoms with Crippen LogP contribution in [-0.4, -0.2) is 187 Å². The Hall–Kier alpha value is -1.10. The van der Waals surface area contributed by atoms with Crippen LogP contribution in [0.2, 0.25) is 0 Å². The zero-order chi connectivity index (χ0) is 38.1. The standard InChI is InChI=1S/C30H50O21S/c1-11-16(47-29-25(37)24(36)27(17(9-31)48-29)49-21-7-14(32)22(34)12(2)44-21)5-6-19(43-11)46-18-10-42-30(28(23(18)35)51-52(38,39)40)50-26-13(3)45-20(41-4)8-15(26)33/h9,11-30,32-37H,5-8,10H2,1-4H3,(H,38,39,40)/t11?,12-,13?,14+,15+,16-,17-,18+,19+,20-,21+,22+,23-,24+,25?,26+,27+,28?,29+,30-/m0/s1. The third kappa shape index (κ3) is 10.0. The molecule has 5 fully saturated rings. The van der Waals surface area contributed by atoms with E-state index in [-0.39, 0.29) is 32.3 Å². The fourth-order valence-corrected chi connectivity index (χ4v) is 7.35. The lowest BCUT2D eigenvalue weighted by Crippen LogP contribution is -2.62. The quantitative estimate of drug-likeness (QED) is 0.0750. The summed E-state index contributed by atoms with van der Waals surface area (Å²) in [5.74, 6) is 0. The average molecular weight is 779 g/mol. The van der Waals surface area contributed by atoms with E-state index in [9.17, 15) is 48.4 Å². The van der Waals surface area contributed by atoms with Gasteiger partial charge in [-0.25, -0.2) is 4.18 Å². The van der Waals surface area contributed by atoms with E-state index in [0.717, 1.165) is 0 Å². The van der Waals surface area contributed by atoms with Crippen LogP contribution in [0.1, 0.15) is 46.5 Å². The van der Waals surface area contributed by atoms with E-state index in [1.807, 2.05) is 0 Å². The number of carbonyl (C=O) groups is 1. The van der Waals surface area contributed by atoms with Crippen molar-refractivity contribution in [3.05, 3.63) is 0 Å². The molecule has 0 amide bonds. The molecule has 0 spiro atoms. The normalized spacial score (nSPS) is 49.4. The molecule has 0 saturated carbocycles. The molecule has 0 aromatic rings. The van der Waals surface area contributed by atoms with E-state index in [4.69, 9.17) is 51.6 Å². The smallest absolute Gasteiger partial charge is 0.390 e. The van der Waals surface area contributed by atoms with Gasteiger partial charge in [0.25, 0.3) is 0 Å². The van der Waals surface area contributed by atoms with Gasteiger partial charge in [-0.15, -0.1) is 0 Å². The molecule has 20 atom stereocenters. The Labute approximate surface area is 299 Å². The van der Waals surface area contributed by atoms with E-state index in [0.29, 0.717) is 6.29 Å². The van der Waals surface area contributed by atoms with E-state index >= 15 is 0 Å². The van der Waals surface area contributed by atoms with Crippen LogP contribution in [-0.2, 0) is 66.7 Å². The van der Waals surface area contributed by atoms with Crippen molar-refractivity contribution in [3.63, 3.8) is 0 Å². The van der Waals surface area contributed by atoms with Crippen LogP contribution in [0.5, 0.6) is 0 Å². The van der Waals surface area contributed by atoms with Crippen molar-refractivity contribution in [2.75, 3.05) is 13.7 Å². The van der Waals surface area contributed by atoms with Crippen LogP contribution in [0.4, 0.5) is 0 Å². The number of aldehydes is 1. The van der Waals surface area contributed by atoms with Crippen molar-refractivity contribution < 1.29 is 100.0 Å². The number of rotatable bonds is 12.